The van der Waals surface area contributed by atoms with Gasteiger partial charge in [-0.25, -0.2) is 26.7 Å². The van der Waals surface area contributed by atoms with E-state index in [0.717, 1.165) is 30.4 Å². The molecule has 0 saturated carbocycles. The number of phosphoric ester groups is 1. The van der Waals surface area contributed by atoms with Crippen LogP contribution in [0.4, 0.5) is 29.1 Å². The Balaban J connectivity index is 1.71. The van der Waals surface area contributed by atoms with Crippen LogP contribution >= 0.6 is 35.9 Å². The van der Waals surface area contributed by atoms with Crippen molar-refractivity contribution in [2.24, 2.45) is 28.0 Å². The van der Waals surface area contributed by atoms with Crippen LogP contribution in [0, 0.1) is 23.3 Å². The van der Waals surface area contributed by atoms with Gasteiger partial charge in [0, 0.05) is 4.74 Å². The number of nitrogens with two attached hydrogens (primary N) is 2. The molecule has 0 aliphatic rings. The highest BCUT2D eigenvalue weighted by Gasteiger charge is 2.32. The Hall–Kier alpha value is -2.32. The van der Waals surface area contributed by atoms with Gasteiger partial charge in [0.1, 0.15) is 11.3 Å². The summed E-state index contributed by atoms with van der Waals surface area (Å²) in [5, 5.41) is 1.35. The van der Waals surface area contributed by atoms with Gasteiger partial charge in [-0.05, 0) is 42.5 Å². The van der Waals surface area contributed by atoms with Gasteiger partial charge in [-0.15, -0.1) is 0 Å². The minimum absolute atomic E-state index is 0.0193. The highest BCUT2D eigenvalue weighted by atomic mass is 32.1. The van der Waals surface area contributed by atoms with Crippen LogP contribution in [0.25, 0.3) is 10.8 Å². The molecule has 1 heterocycles. The lowest BCUT2D eigenvalue weighted by Gasteiger charge is -2.18. The van der Waals surface area contributed by atoms with Crippen LogP contribution in [0.1, 0.15) is 42.5 Å². The maximum Gasteiger partial charge on any atom is 0.472 e. The zero-order valence-corrected chi connectivity index (χ0v) is 31.8. The highest BCUT2D eigenvalue weighted by Crippen LogP contribution is 2.51. The number of primary amides is 1. The van der Waals surface area contributed by atoms with E-state index in [1.165, 1.54) is 0 Å². The number of halogens is 4. The molecule has 16 nitrogen and oxygen atoms in total. The van der Waals surface area contributed by atoms with E-state index < -0.39 is 96.2 Å². The predicted molar refractivity (Wildman–Crippen MR) is 189 cm³/mol. The number of nitrogens with zero attached hydrogens (tertiary/aromatic N) is 3. The van der Waals surface area contributed by atoms with Crippen LogP contribution < -0.4 is 16.0 Å². The zero-order valence-electron chi connectivity index (χ0n) is 28.3. The lowest BCUT2D eigenvalue weighted by atomic mass is 10.1. The van der Waals surface area contributed by atoms with Crippen molar-refractivity contribution in [2.75, 3.05) is 38.8 Å². The lowest BCUT2D eigenvalue weighted by Crippen LogP contribution is -2.31. The van der Waals surface area contributed by atoms with Crippen molar-refractivity contribution < 1.29 is 73.7 Å². The highest BCUT2D eigenvalue weighted by molar-refractivity contribution is 7.80. The first-order chi connectivity index (χ1) is 24.9. The van der Waals surface area contributed by atoms with E-state index in [1.54, 1.807) is 48.1 Å². The van der Waals surface area contributed by atoms with Crippen molar-refractivity contribution in [1.82, 2.24) is 0 Å². The summed E-state index contributed by atoms with van der Waals surface area (Å²) >= 11 is 4.12. The molecule has 0 saturated heterocycles. The average Bonchev–Trinajstić information content (AvgIpc) is 3.10. The summed E-state index contributed by atoms with van der Waals surface area (Å²) in [6.07, 6.45) is 4.48. The Labute approximate surface area is 307 Å². The largest absolute Gasteiger partial charge is 0.472 e. The molecule has 8 N–H and O–H groups in total. The molecule has 3 unspecified atom stereocenters. The molecule has 0 spiro atoms. The molecule has 53 heavy (non-hydrogen) atoms. The van der Waals surface area contributed by atoms with Gasteiger partial charge in [-0.3, -0.25) is 27.8 Å². The summed E-state index contributed by atoms with van der Waals surface area (Å²) in [7, 11) is -12.2. The van der Waals surface area contributed by atoms with Crippen LogP contribution in [-0.2, 0) is 34.2 Å². The van der Waals surface area contributed by atoms with Crippen molar-refractivity contribution in [3.8, 4) is 0 Å². The van der Waals surface area contributed by atoms with Crippen LogP contribution in [-0.4, -0.2) is 70.3 Å². The average molecular weight is 837 g/mol. The first-order valence-electron chi connectivity index (χ1n) is 15.8. The number of carbonyl (C=O) groups is 1. The fourth-order valence-corrected chi connectivity index (χ4v) is 7.70. The van der Waals surface area contributed by atoms with E-state index in [-0.39, 0.29) is 18.8 Å². The topological polar surface area (TPSA) is 242 Å². The number of unbranched alkanes of at least 4 members (excludes halogenated alkanes) is 3. The summed E-state index contributed by atoms with van der Waals surface area (Å²) in [6, 6.07) is 7.76. The van der Waals surface area contributed by atoms with E-state index >= 15 is 0 Å². The molecular weight excluding hydrogens is 795 g/mol. The Kier molecular flexibility index (Phi) is 17.5. The summed E-state index contributed by atoms with van der Waals surface area (Å²) in [5.41, 5.74) is 7.24. The molecule has 3 atom stereocenters. The van der Waals surface area contributed by atoms with Crippen molar-refractivity contribution in [3.05, 3.63) is 65.4 Å². The molecule has 0 fully saturated rings. The van der Waals surface area contributed by atoms with Crippen LogP contribution in [0.2, 0.25) is 0 Å². The van der Waals surface area contributed by atoms with Gasteiger partial charge in [0.05, 0.1) is 57.7 Å². The summed E-state index contributed by atoms with van der Waals surface area (Å²) in [6.45, 7) is -2.16. The maximum atomic E-state index is 14.3. The van der Waals surface area contributed by atoms with Crippen molar-refractivity contribution in [1.29, 1.82) is 0 Å². The van der Waals surface area contributed by atoms with E-state index in [4.69, 9.17) is 34.1 Å². The number of thiol groups is 1. The number of aryl methyl sites for hydroxylation is 1. The van der Waals surface area contributed by atoms with Crippen molar-refractivity contribution in [3.63, 3.8) is 0 Å². The van der Waals surface area contributed by atoms with Gasteiger partial charge in [-0.1, -0.05) is 31.0 Å². The molecule has 296 valence electrons. The first kappa shape index (κ1) is 45.1. The number of hydrogen-bond acceptors (Lipinski definition) is 11. The van der Waals surface area contributed by atoms with E-state index in [2.05, 4.69) is 22.1 Å². The van der Waals surface area contributed by atoms with Crippen molar-refractivity contribution in [2.45, 2.75) is 38.1 Å². The fourth-order valence-electron chi connectivity index (χ4n) is 4.37. The molecule has 2 aromatic carbocycles. The quantitative estimate of drug-likeness (QED) is 0.0165. The zero-order chi connectivity index (χ0) is 39.4. The third-order valence-corrected chi connectivity index (χ3v) is 10.7. The Morgan fingerprint density at radius 2 is 1.43 bits per heavy atom. The normalized spacial score (nSPS) is 14.8. The SMILES string of the molecule is C[n+]1ccc2ccccc2c1N=P(O)(OCCCOP(O)(O)=Nc1c(F)c(F)c(C(N)=O)c(F)c1F)OCC(N)COP(=O)(O)OCCCCCCS. The van der Waals surface area contributed by atoms with E-state index in [0.29, 0.717) is 11.8 Å². The molecule has 24 heteroatoms. The van der Waals surface area contributed by atoms with Gasteiger partial charge < -0.3 is 30.7 Å². The minimum atomic E-state index is -5.09. The van der Waals surface area contributed by atoms with Gasteiger partial charge in [-0.2, -0.15) is 17.4 Å². The van der Waals surface area contributed by atoms with Gasteiger partial charge in [0.2, 0.25) is 0 Å². The van der Waals surface area contributed by atoms with Gasteiger partial charge in [0.25, 0.3) is 5.91 Å². The van der Waals surface area contributed by atoms with E-state index in [1.807, 2.05) is 0 Å². The van der Waals surface area contributed by atoms with Gasteiger partial charge >= 0.3 is 29.1 Å². The summed E-state index contributed by atoms with van der Waals surface area (Å²) in [5.74, 6) is -9.71. The number of benzene rings is 2. The molecule has 0 aliphatic carbocycles. The fraction of sp³-hybridized carbons (Fsp3) is 0.448. The molecule has 0 aliphatic heterocycles. The Morgan fingerprint density at radius 3 is 2.09 bits per heavy atom. The molecule has 1 aromatic heterocycles. The first-order valence-corrected chi connectivity index (χ1v) is 21.0. The standard InChI is InChI=1S/C29H40F4N5O11P3S/c1-38-12-11-19-9-4-5-10-21(19)29(38)37-51(42,48-17-20(34)18-49-52(43,44)47-13-6-2-3-7-16-53)46-15-8-14-45-50(40,41)36-27-25(32)23(30)22(28(35)39)24(31)26(27)33/h4-5,9-12,20H,2-3,6-8,13-18,34H2,1H3,(H6-,35,39,40,41,42,43,44,53)/p+1. The van der Waals surface area contributed by atoms with Gasteiger partial charge in [0.15, 0.2) is 23.3 Å². The summed E-state index contributed by atoms with van der Waals surface area (Å²) < 4.78 is 104. The second-order valence-electron chi connectivity index (χ2n) is 11.2. The smallest absolute Gasteiger partial charge is 0.365 e. The third kappa shape index (κ3) is 13.7. The van der Waals surface area contributed by atoms with Crippen LogP contribution in [0.15, 0.2) is 46.0 Å². The lowest BCUT2D eigenvalue weighted by molar-refractivity contribution is -0.657. The van der Waals surface area contributed by atoms with Crippen LogP contribution in [0.5, 0.6) is 0 Å². The molecular formula is C29H41F4N5O11P3S+. The monoisotopic (exact) mass is 836 g/mol. The third-order valence-electron chi connectivity index (χ3n) is 6.98. The predicted octanol–water partition coefficient (Wildman–Crippen LogP) is 5.54. The summed E-state index contributed by atoms with van der Waals surface area (Å²) in [4.78, 5) is 52.9. The molecule has 0 radical (unpaired) electrons. The number of carbonyl (C=O) groups excluding carboxylic acids is 1. The number of amides is 1. The minimum Gasteiger partial charge on any atom is -0.365 e. The number of pyridine rings is 1. The number of fused-ring (bicyclic) bond motifs is 1. The molecule has 1 amide bonds. The second kappa shape index (κ2) is 20.6. The molecule has 0 bridgehead atoms. The molecule has 3 rings (SSSR count). The molecule has 3 aromatic rings. The number of phosphoric acid groups is 1. The number of hydrogen-bond donors (Lipinski definition) is 7. The Bertz CT molecular complexity index is 1880. The second-order valence-corrected chi connectivity index (χ2v) is 16.3. The van der Waals surface area contributed by atoms with Crippen molar-refractivity contribution >= 4 is 64.1 Å². The number of aromatic nitrogens is 1. The van der Waals surface area contributed by atoms with Crippen LogP contribution in [0.3, 0.4) is 0 Å². The maximum absolute atomic E-state index is 14.3. The van der Waals surface area contributed by atoms with E-state index in [9.17, 15) is 46.5 Å². The Morgan fingerprint density at radius 1 is 0.830 bits per heavy atom. The number of rotatable bonds is 22.